The zero-order chi connectivity index (χ0) is 10.8. The van der Waals surface area contributed by atoms with Gasteiger partial charge in [0.1, 0.15) is 0 Å². The van der Waals surface area contributed by atoms with Gasteiger partial charge in [-0.25, -0.2) is 0 Å². The molecule has 1 saturated carbocycles. The van der Waals surface area contributed by atoms with Gasteiger partial charge in [-0.3, -0.25) is 0 Å². The Bertz CT molecular complexity index is 318. The zero-order valence-electron chi connectivity index (χ0n) is 9.92. The van der Waals surface area contributed by atoms with Crippen LogP contribution in [0, 0.1) is 12.8 Å². The number of thiophene rings is 1. The minimum absolute atomic E-state index is 0.736. The van der Waals surface area contributed by atoms with E-state index in [-0.39, 0.29) is 0 Å². The van der Waals surface area contributed by atoms with Crippen molar-refractivity contribution in [2.75, 3.05) is 6.54 Å². The first-order valence-corrected chi connectivity index (χ1v) is 6.88. The van der Waals surface area contributed by atoms with Gasteiger partial charge < -0.3 is 5.32 Å². The smallest absolute Gasteiger partial charge is 0.00986 e. The highest BCUT2D eigenvalue weighted by Gasteiger charge is 2.33. The van der Waals surface area contributed by atoms with Crippen LogP contribution in [0.5, 0.6) is 0 Å². The van der Waals surface area contributed by atoms with E-state index in [1.807, 2.05) is 11.3 Å². The van der Waals surface area contributed by atoms with E-state index in [2.05, 4.69) is 37.5 Å². The molecule has 1 aromatic heterocycles. The molecular weight excluding hydrogens is 202 g/mol. The van der Waals surface area contributed by atoms with Gasteiger partial charge in [-0.2, -0.15) is 0 Å². The van der Waals surface area contributed by atoms with Crippen molar-refractivity contribution >= 4 is 11.3 Å². The van der Waals surface area contributed by atoms with Crippen molar-refractivity contribution in [1.82, 2.24) is 5.32 Å². The maximum Gasteiger partial charge on any atom is 0.00986 e. The molecule has 0 aliphatic heterocycles. The van der Waals surface area contributed by atoms with E-state index in [9.17, 15) is 0 Å². The van der Waals surface area contributed by atoms with Gasteiger partial charge in [0.25, 0.3) is 0 Å². The summed E-state index contributed by atoms with van der Waals surface area (Å²) < 4.78 is 0. The Morgan fingerprint density at radius 3 is 2.87 bits per heavy atom. The average Bonchev–Trinajstić information content (AvgIpc) is 2.76. The summed E-state index contributed by atoms with van der Waals surface area (Å²) in [5.74, 6) is 1.58. The zero-order valence-corrected chi connectivity index (χ0v) is 10.7. The Morgan fingerprint density at radius 1 is 1.47 bits per heavy atom. The fourth-order valence-corrected chi connectivity index (χ4v) is 3.61. The monoisotopic (exact) mass is 223 g/mol. The third-order valence-electron chi connectivity index (χ3n) is 3.70. The van der Waals surface area contributed by atoms with E-state index in [0.29, 0.717) is 0 Å². The highest BCUT2D eigenvalue weighted by Crippen LogP contribution is 2.40. The van der Waals surface area contributed by atoms with Gasteiger partial charge in [0.15, 0.2) is 0 Å². The van der Waals surface area contributed by atoms with Crippen molar-refractivity contribution in [3.63, 3.8) is 0 Å². The molecule has 1 aliphatic carbocycles. The first-order valence-electron chi connectivity index (χ1n) is 6.00. The van der Waals surface area contributed by atoms with Crippen LogP contribution in [-0.4, -0.2) is 12.6 Å². The number of rotatable bonds is 3. The summed E-state index contributed by atoms with van der Waals surface area (Å²) in [5, 5.41) is 5.96. The second kappa shape index (κ2) is 4.67. The van der Waals surface area contributed by atoms with Crippen molar-refractivity contribution in [3.05, 3.63) is 21.9 Å². The highest BCUT2D eigenvalue weighted by molar-refractivity contribution is 7.10. The first kappa shape index (κ1) is 11.2. The second-order valence-electron chi connectivity index (χ2n) is 4.70. The summed E-state index contributed by atoms with van der Waals surface area (Å²) in [7, 11) is 0. The van der Waals surface area contributed by atoms with E-state index in [4.69, 9.17) is 0 Å². The SMILES string of the molecule is CCNC1CCC(c2csc(C)c2)C1C. The molecule has 1 fully saturated rings. The molecule has 2 heteroatoms. The standard InChI is InChI=1S/C13H21NS/c1-4-14-13-6-5-12(10(13)3)11-7-9(2)15-8-11/h7-8,10,12-14H,4-6H2,1-3H3. The summed E-state index contributed by atoms with van der Waals surface area (Å²) in [4.78, 5) is 1.45. The molecule has 1 nitrogen and oxygen atoms in total. The molecule has 84 valence electrons. The van der Waals surface area contributed by atoms with Crippen LogP contribution >= 0.6 is 11.3 Å². The Balaban J connectivity index is 2.06. The Morgan fingerprint density at radius 2 is 2.27 bits per heavy atom. The molecular formula is C13H21NS. The third kappa shape index (κ3) is 2.26. The van der Waals surface area contributed by atoms with Crippen LogP contribution in [0.3, 0.4) is 0 Å². The van der Waals surface area contributed by atoms with Crippen LogP contribution in [0.15, 0.2) is 11.4 Å². The molecule has 3 unspecified atom stereocenters. The maximum atomic E-state index is 3.60. The van der Waals surface area contributed by atoms with E-state index in [1.54, 1.807) is 5.56 Å². The van der Waals surface area contributed by atoms with Crippen LogP contribution in [0.1, 0.15) is 43.0 Å². The molecule has 3 atom stereocenters. The van der Waals surface area contributed by atoms with Gasteiger partial charge in [0.05, 0.1) is 0 Å². The number of hydrogen-bond acceptors (Lipinski definition) is 2. The molecule has 0 saturated heterocycles. The predicted molar refractivity (Wildman–Crippen MR) is 67.7 cm³/mol. The largest absolute Gasteiger partial charge is 0.314 e. The molecule has 1 heterocycles. The van der Waals surface area contributed by atoms with Gasteiger partial charge in [-0.15, -0.1) is 11.3 Å². The van der Waals surface area contributed by atoms with Crippen LogP contribution in [-0.2, 0) is 0 Å². The molecule has 0 radical (unpaired) electrons. The lowest BCUT2D eigenvalue weighted by atomic mass is 9.90. The van der Waals surface area contributed by atoms with Crippen molar-refractivity contribution in [3.8, 4) is 0 Å². The van der Waals surface area contributed by atoms with Gasteiger partial charge in [-0.1, -0.05) is 13.8 Å². The summed E-state index contributed by atoms with van der Waals surface area (Å²) in [6.45, 7) is 7.91. The first-order chi connectivity index (χ1) is 7.22. The Labute approximate surface area is 96.9 Å². The van der Waals surface area contributed by atoms with Crippen molar-refractivity contribution in [1.29, 1.82) is 0 Å². The number of aryl methyl sites for hydroxylation is 1. The summed E-state index contributed by atoms with van der Waals surface area (Å²) in [6.07, 6.45) is 2.70. The van der Waals surface area contributed by atoms with Crippen molar-refractivity contribution < 1.29 is 0 Å². The molecule has 0 spiro atoms. The normalized spacial score (nSPS) is 31.0. The van der Waals surface area contributed by atoms with E-state index < -0.39 is 0 Å². The predicted octanol–water partition coefficient (Wildman–Crippen LogP) is 3.55. The lowest BCUT2D eigenvalue weighted by Gasteiger charge is -2.20. The summed E-state index contributed by atoms with van der Waals surface area (Å²) >= 11 is 1.89. The van der Waals surface area contributed by atoms with Gasteiger partial charge in [0, 0.05) is 10.9 Å². The lowest BCUT2D eigenvalue weighted by Crippen LogP contribution is -2.31. The van der Waals surface area contributed by atoms with Crippen molar-refractivity contribution in [2.24, 2.45) is 5.92 Å². The molecule has 0 amide bonds. The van der Waals surface area contributed by atoms with Crippen LogP contribution in [0.25, 0.3) is 0 Å². The molecule has 1 aliphatic rings. The molecule has 1 aromatic rings. The Hall–Kier alpha value is -0.340. The minimum atomic E-state index is 0.736. The third-order valence-corrected chi connectivity index (χ3v) is 4.58. The second-order valence-corrected chi connectivity index (χ2v) is 5.81. The molecule has 2 rings (SSSR count). The highest BCUT2D eigenvalue weighted by atomic mass is 32.1. The van der Waals surface area contributed by atoms with Crippen LogP contribution in [0.2, 0.25) is 0 Å². The summed E-state index contributed by atoms with van der Waals surface area (Å²) in [5.41, 5.74) is 1.57. The van der Waals surface area contributed by atoms with Gasteiger partial charge >= 0.3 is 0 Å². The summed E-state index contributed by atoms with van der Waals surface area (Å²) in [6, 6.07) is 3.11. The minimum Gasteiger partial charge on any atom is -0.314 e. The van der Waals surface area contributed by atoms with Gasteiger partial charge in [-0.05, 0) is 55.2 Å². The van der Waals surface area contributed by atoms with Crippen LogP contribution < -0.4 is 5.32 Å². The molecule has 15 heavy (non-hydrogen) atoms. The van der Waals surface area contributed by atoms with Gasteiger partial charge in [0.2, 0.25) is 0 Å². The molecule has 0 aromatic carbocycles. The fraction of sp³-hybridized carbons (Fsp3) is 0.692. The average molecular weight is 223 g/mol. The van der Waals surface area contributed by atoms with Crippen molar-refractivity contribution in [2.45, 2.75) is 45.6 Å². The molecule has 1 N–H and O–H groups in total. The van der Waals surface area contributed by atoms with E-state index in [0.717, 1.165) is 24.4 Å². The van der Waals surface area contributed by atoms with E-state index >= 15 is 0 Å². The molecule has 0 bridgehead atoms. The lowest BCUT2D eigenvalue weighted by molar-refractivity contribution is 0.412. The number of hydrogen-bond donors (Lipinski definition) is 1. The van der Waals surface area contributed by atoms with E-state index in [1.165, 1.54) is 17.7 Å². The number of nitrogens with one attached hydrogen (secondary N) is 1. The fourth-order valence-electron chi connectivity index (χ4n) is 2.84. The quantitative estimate of drug-likeness (QED) is 0.826. The van der Waals surface area contributed by atoms with Crippen LogP contribution in [0.4, 0.5) is 0 Å². The Kier molecular flexibility index (Phi) is 3.47. The maximum absolute atomic E-state index is 3.60. The topological polar surface area (TPSA) is 12.0 Å².